The Kier molecular flexibility index (Phi) is 6.36. The van der Waals surface area contributed by atoms with Gasteiger partial charge in [-0.25, -0.2) is 4.98 Å². The van der Waals surface area contributed by atoms with Crippen LogP contribution in [0.5, 0.6) is 0 Å². The average Bonchev–Trinajstić information content (AvgIpc) is 2.73. The maximum Gasteiger partial charge on any atom is 0.237 e. The van der Waals surface area contributed by atoms with Crippen molar-refractivity contribution in [3.05, 3.63) is 77.0 Å². The number of thioether (sulfide) groups is 1. The van der Waals surface area contributed by atoms with Crippen molar-refractivity contribution in [1.29, 1.82) is 5.26 Å². The lowest BCUT2D eigenvalue weighted by Gasteiger charge is -2.16. The Balaban J connectivity index is 1.83. The van der Waals surface area contributed by atoms with Crippen molar-refractivity contribution in [3.63, 3.8) is 0 Å². The van der Waals surface area contributed by atoms with E-state index in [1.165, 1.54) is 11.8 Å². The SMILES string of the molecule is Cc1nc(S[C@H](C)C(=O)Nc2ccccc2-c2ccccc2)c(C#N)c(C)c1C. The van der Waals surface area contributed by atoms with Gasteiger partial charge in [0.1, 0.15) is 11.1 Å². The molecule has 0 aliphatic carbocycles. The minimum Gasteiger partial charge on any atom is -0.325 e. The summed E-state index contributed by atoms with van der Waals surface area (Å²) in [6, 6.07) is 19.9. The van der Waals surface area contributed by atoms with Crippen molar-refractivity contribution in [3.8, 4) is 17.2 Å². The highest BCUT2D eigenvalue weighted by Gasteiger charge is 2.21. The molecule has 1 heterocycles. The molecule has 0 saturated carbocycles. The number of nitrogens with one attached hydrogen (secondary N) is 1. The maximum absolute atomic E-state index is 12.9. The van der Waals surface area contributed by atoms with Gasteiger partial charge in [-0.1, -0.05) is 60.3 Å². The number of hydrogen-bond donors (Lipinski definition) is 1. The first-order valence-corrected chi connectivity index (χ1v) is 10.3. The first-order valence-electron chi connectivity index (χ1n) is 9.42. The van der Waals surface area contributed by atoms with E-state index in [0.717, 1.165) is 33.6 Å². The fraction of sp³-hybridized carbons (Fsp3) is 0.208. The van der Waals surface area contributed by atoms with E-state index in [-0.39, 0.29) is 5.91 Å². The number of amides is 1. The standard InChI is InChI=1S/C24H23N3OS/c1-15-16(2)21(14-25)24(26-17(15)3)29-18(4)23(28)27-22-13-9-8-12-20(22)19-10-6-5-7-11-19/h5-13,18H,1-4H3,(H,27,28)/t18-/m1/s1. The molecule has 0 aliphatic heterocycles. The summed E-state index contributed by atoms with van der Waals surface area (Å²) in [4.78, 5) is 17.5. The van der Waals surface area contributed by atoms with Crippen LogP contribution in [0, 0.1) is 32.1 Å². The second-order valence-corrected chi connectivity index (χ2v) is 8.23. The van der Waals surface area contributed by atoms with Crippen molar-refractivity contribution in [2.24, 2.45) is 0 Å². The molecule has 1 aromatic heterocycles. The zero-order valence-corrected chi connectivity index (χ0v) is 17.8. The van der Waals surface area contributed by atoms with E-state index in [0.29, 0.717) is 10.6 Å². The summed E-state index contributed by atoms with van der Waals surface area (Å²) in [5.41, 5.74) is 6.14. The monoisotopic (exact) mass is 401 g/mol. The van der Waals surface area contributed by atoms with E-state index < -0.39 is 5.25 Å². The third kappa shape index (κ3) is 4.49. The predicted octanol–water partition coefficient (Wildman–Crippen LogP) is 5.66. The lowest BCUT2D eigenvalue weighted by atomic mass is 10.0. The number of benzene rings is 2. The highest BCUT2D eigenvalue weighted by atomic mass is 32.2. The van der Waals surface area contributed by atoms with Crippen LogP contribution in [0.15, 0.2) is 59.6 Å². The number of aromatic nitrogens is 1. The molecule has 3 aromatic rings. The van der Waals surface area contributed by atoms with Gasteiger partial charge in [0.05, 0.1) is 10.8 Å². The molecule has 3 rings (SSSR count). The molecule has 0 unspecified atom stereocenters. The average molecular weight is 402 g/mol. The summed E-state index contributed by atoms with van der Waals surface area (Å²) in [5, 5.41) is 12.8. The molecule has 5 heteroatoms. The molecule has 0 spiro atoms. The van der Waals surface area contributed by atoms with Gasteiger partial charge in [-0.15, -0.1) is 0 Å². The van der Waals surface area contributed by atoms with Crippen LogP contribution < -0.4 is 5.32 Å². The number of para-hydroxylation sites is 1. The number of anilines is 1. The van der Waals surface area contributed by atoms with Crippen LogP contribution in [0.1, 0.15) is 29.3 Å². The van der Waals surface area contributed by atoms with Gasteiger partial charge in [0.2, 0.25) is 5.91 Å². The van der Waals surface area contributed by atoms with E-state index in [4.69, 9.17) is 0 Å². The topological polar surface area (TPSA) is 65.8 Å². The van der Waals surface area contributed by atoms with Crippen molar-refractivity contribution < 1.29 is 4.79 Å². The molecule has 0 radical (unpaired) electrons. The van der Waals surface area contributed by atoms with Crippen LogP contribution in [0.2, 0.25) is 0 Å². The minimum atomic E-state index is -0.403. The van der Waals surface area contributed by atoms with Crippen LogP contribution >= 0.6 is 11.8 Å². The molecular weight excluding hydrogens is 378 g/mol. The van der Waals surface area contributed by atoms with Crippen LogP contribution in [0.4, 0.5) is 5.69 Å². The second-order valence-electron chi connectivity index (χ2n) is 6.90. The van der Waals surface area contributed by atoms with Crippen molar-refractivity contribution in [2.45, 2.75) is 38.0 Å². The molecule has 4 nitrogen and oxygen atoms in total. The van der Waals surface area contributed by atoms with Crippen molar-refractivity contribution in [1.82, 2.24) is 4.98 Å². The fourth-order valence-corrected chi connectivity index (χ4v) is 4.05. The summed E-state index contributed by atoms with van der Waals surface area (Å²) in [5.74, 6) is -0.125. The number of aryl methyl sites for hydroxylation is 1. The summed E-state index contributed by atoms with van der Waals surface area (Å²) in [7, 11) is 0. The molecule has 29 heavy (non-hydrogen) atoms. The molecule has 1 N–H and O–H groups in total. The van der Waals surface area contributed by atoms with E-state index in [2.05, 4.69) is 16.4 Å². The zero-order valence-electron chi connectivity index (χ0n) is 17.0. The van der Waals surface area contributed by atoms with Gasteiger partial charge >= 0.3 is 0 Å². The van der Waals surface area contributed by atoms with Gasteiger partial charge < -0.3 is 5.32 Å². The van der Waals surface area contributed by atoms with E-state index >= 15 is 0 Å². The minimum absolute atomic E-state index is 0.125. The van der Waals surface area contributed by atoms with E-state index in [1.807, 2.05) is 82.3 Å². The molecule has 0 bridgehead atoms. The summed E-state index contributed by atoms with van der Waals surface area (Å²) < 4.78 is 0. The Morgan fingerprint density at radius 1 is 1.03 bits per heavy atom. The van der Waals surface area contributed by atoms with Crippen molar-refractivity contribution >= 4 is 23.4 Å². The highest BCUT2D eigenvalue weighted by molar-refractivity contribution is 8.00. The number of carbonyl (C=O) groups is 1. The molecule has 1 amide bonds. The fourth-order valence-electron chi connectivity index (χ4n) is 3.05. The van der Waals surface area contributed by atoms with Crippen LogP contribution in [-0.4, -0.2) is 16.1 Å². The molecule has 0 fully saturated rings. The van der Waals surface area contributed by atoms with Gasteiger partial charge in [0, 0.05) is 16.9 Å². The molecule has 146 valence electrons. The van der Waals surface area contributed by atoms with Gasteiger partial charge in [0.15, 0.2) is 0 Å². The Morgan fingerprint density at radius 2 is 1.69 bits per heavy atom. The number of rotatable bonds is 5. The smallest absolute Gasteiger partial charge is 0.237 e. The number of nitriles is 1. The van der Waals surface area contributed by atoms with Gasteiger partial charge in [-0.3, -0.25) is 4.79 Å². The highest BCUT2D eigenvalue weighted by Crippen LogP contribution is 2.31. The Labute approximate surface area is 176 Å². The van der Waals surface area contributed by atoms with Gasteiger partial charge in [0.25, 0.3) is 0 Å². The van der Waals surface area contributed by atoms with E-state index in [9.17, 15) is 10.1 Å². The van der Waals surface area contributed by atoms with Gasteiger partial charge in [-0.2, -0.15) is 5.26 Å². The van der Waals surface area contributed by atoms with Crippen LogP contribution in [0.3, 0.4) is 0 Å². The number of carbonyl (C=O) groups excluding carboxylic acids is 1. The third-order valence-electron chi connectivity index (χ3n) is 5.00. The normalized spacial score (nSPS) is 11.6. The summed E-state index contributed by atoms with van der Waals surface area (Å²) >= 11 is 1.32. The first-order chi connectivity index (χ1) is 13.9. The lowest BCUT2D eigenvalue weighted by Crippen LogP contribution is -2.23. The quantitative estimate of drug-likeness (QED) is 0.560. The Bertz CT molecular complexity index is 1090. The van der Waals surface area contributed by atoms with Crippen LogP contribution in [0.25, 0.3) is 11.1 Å². The van der Waals surface area contributed by atoms with Gasteiger partial charge in [-0.05, 0) is 50.5 Å². The molecule has 2 aromatic carbocycles. The predicted molar refractivity (Wildman–Crippen MR) is 119 cm³/mol. The second kappa shape index (κ2) is 8.93. The Hall–Kier alpha value is -3.10. The molecule has 0 saturated heterocycles. The van der Waals surface area contributed by atoms with E-state index in [1.54, 1.807) is 0 Å². The largest absolute Gasteiger partial charge is 0.325 e. The van der Waals surface area contributed by atoms with Crippen LogP contribution in [-0.2, 0) is 4.79 Å². The number of nitrogens with zero attached hydrogens (tertiary/aromatic N) is 2. The van der Waals surface area contributed by atoms with Crippen molar-refractivity contribution in [2.75, 3.05) is 5.32 Å². The molecular formula is C24H23N3OS. The Morgan fingerprint density at radius 3 is 2.38 bits per heavy atom. The summed E-state index contributed by atoms with van der Waals surface area (Å²) in [6.07, 6.45) is 0. The molecule has 1 atom stereocenters. The summed E-state index contributed by atoms with van der Waals surface area (Å²) in [6.45, 7) is 7.64. The third-order valence-corrected chi connectivity index (χ3v) is 6.09. The molecule has 0 aliphatic rings. The maximum atomic E-state index is 12.9. The number of hydrogen-bond acceptors (Lipinski definition) is 4. The number of pyridine rings is 1. The zero-order chi connectivity index (χ0) is 21.0. The lowest BCUT2D eigenvalue weighted by molar-refractivity contribution is -0.115. The first kappa shape index (κ1) is 20.6.